The Morgan fingerprint density at radius 3 is 2.67 bits per heavy atom. The summed E-state index contributed by atoms with van der Waals surface area (Å²) in [5.74, 6) is 0.632. The van der Waals surface area contributed by atoms with Gasteiger partial charge in [-0.25, -0.2) is 0 Å². The lowest BCUT2D eigenvalue weighted by Gasteiger charge is -2.16. The van der Waals surface area contributed by atoms with Crippen LogP contribution in [0.5, 0.6) is 11.5 Å². The van der Waals surface area contributed by atoms with Gasteiger partial charge in [0.2, 0.25) is 5.91 Å². The molecule has 6 nitrogen and oxygen atoms in total. The second-order valence-corrected chi connectivity index (χ2v) is 5.16. The zero-order valence-corrected chi connectivity index (χ0v) is 12.8. The number of aliphatic hydroxyl groups is 1. The van der Waals surface area contributed by atoms with E-state index in [1.54, 1.807) is 18.2 Å². The summed E-state index contributed by atoms with van der Waals surface area (Å²) in [4.78, 5) is 10.9. The zero-order chi connectivity index (χ0) is 15.8. The first kappa shape index (κ1) is 17.3. The number of benzene rings is 1. The first-order valence-electron chi connectivity index (χ1n) is 6.91. The minimum absolute atomic E-state index is 0.150. The van der Waals surface area contributed by atoms with Crippen molar-refractivity contribution in [2.45, 2.75) is 32.4 Å². The van der Waals surface area contributed by atoms with Crippen LogP contribution in [0.15, 0.2) is 18.2 Å². The summed E-state index contributed by atoms with van der Waals surface area (Å²) in [6, 6.07) is 5.47. The quantitative estimate of drug-likeness (QED) is 0.615. The summed E-state index contributed by atoms with van der Waals surface area (Å²) >= 11 is 0. The highest BCUT2D eigenvalue weighted by Gasteiger charge is 2.10. The Labute approximate surface area is 125 Å². The van der Waals surface area contributed by atoms with Gasteiger partial charge in [-0.3, -0.25) is 4.79 Å². The summed E-state index contributed by atoms with van der Waals surface area (Å²) in [6.07, 6.45) is -0.459. The number of carbonyl (C=O) groups is 1. The van der Waals surface area contributed by atoms with Crippen molar-refractivity contribution in [1.29, 1.82) is 0 Å². The fourth-order valence-electron chi connectivity index (χ4n) is 1.76. The van der Waals surface area contributed by atoms with Gasteiger partial charge in [0.05, 0.1) is 13.5 Å². The highest BCUT2D eigenvalue weighted by atomic mass is 16.5. The van der Waals surface area contributed by atoms with Crippen LogP contribution in [0.25, 0.3) is 0 Å². The number of amides is 1. The maximum atomic E-state index is 10.9. The van der Waals surface area contributed by atoms with Crippen molar-refractivity contribution in [3.63, 3.8) is 0 Å². The number of carbonyl (C=O) groups excluding carboxylic acids is 1. The standard InChI is InChI=1S/C15H24N2O4/c1-10(2)17-8-12(18)9-21-13-5-4-11(7-15(16)19)6-14(13)20-3/h4-6,10,12,17-18H,7-9H2,1-3H3,(H2,16,19). The molecule has 0 aliphatic heterocycles. The van der Waals surface area contributed by atoms with Crippen molar-refractivity contribution in [3.05, 3.63) is 23.8 Å². The second kappa shape index (κ2) is 8.49. The number of primary amides is 1. The molecule has 1 amide bonds. The van der Waals surface area contributed by atoms with Crippen LogP contribution in [-0.4, -0.2) is 43.4 Å². The van der Waals surface area contributed by atoms with Crippen LogP contribution in [0.3, 0.4) is 0 Å². The van der Waals surface area contributed by atoms with E-state index in [2.05, 4.69) is 5.32 Å². The average Bonchev–Trinajstić information content (AvgIpc) is 2.42. The molecule has 1 unspecified atom stereocenters. The predicted octanol–water partition coefficient (Wildman–Crippen LogP) is 0.461. The Kier molecular flexibility index (Phi) is 6.98. The third kappa shape index (κ3) is 6.46. The molecule has 0 bridgehead atoms. The lowest BCUT2D eigenvalue weighted by molar-refractivity contribution is -0.117. The van der Waals surface area contributed by atoms with Gasteiger partial charge in [0.25, 0.3) is 0 Å². The number of hydrogen-bond donors (Lipinski definition) is 3. The van der Waals surface area contributed by atoms with Gasteiger partial charge in [0, 0.05) is 12.6 Å². The third-order valence-corrected chi connectivity index (χ3v) is 2.80. The Morgan fingerprint density at radius 2 is 2.10 bits per heavy atom. The fourth-order valence-corrected chi connectivity index (χ4v) is 1.76. The summed E-state index contributed by atoms with van der Waals surface area (Å²) in [5.41, 5.74) is 5.92. The molecule has 1 aromatic rings. The molecule has 21 heavy (non-hydrogen) atoms. The van der Waals surface area contributed by atoms with E-state index in [-0.39, 0.29) is 13.0 Å². The molecular weight excluding hydrogens is 272 g/mol. The molecule has 1 rings (SSSR count). The Morgan fingerprint density at radius 1 is 1.38 bits per heavy atom. The SMILES string of the molecule is COc1cc(CC(N)=O)ccc1OCC(O)CNC(C)C. The molecule has 0 saturated carbocycles. The van der Waals surface area contributed by atoms with E-state index in [0.717, 1.165) is 5.56 Å². The van der Waals surface area contributed by atoms with Crippen molar-refractivity contribution >= 4 is 5.91 Å². The molecule has 0 saturated heterocycles. The molecular formula is C15H24N2O4. The number of aliphatic hydroxyl groups excluding tert-OH is 1. The number of ether oxygens (including phenoxy) is 2. The van der Waals surface area contributed by atoms with E-state index >= 15 is 0 Å². The second-order valence-electron chi connectivity index (χ2n) is 5.16. The van der Waals surface area contributed by atoms with Gasteiger partial charge in [-0.2, -0.15) is 0 Å². The lowest BCUT2D eigenvalue weighted by Crippen LogP contribution is -2.35. The number of nitrogens with one attached hydrogen (secondary N) is 1. The molecule has 0 fully saturated rings. The Hall–Kier alpha value is -1.79. The van der Waals surface area contributed by atoms with Crippen LogP contribution >= 0.6 is 0 Å². The molecule has 0 radical (unpaired) electrons. The molecule has 4 N–H and O–H groups in total. The summed E-state index contributed by atoms with van der Waals surface area (Å²) < 4.78 is 10.8. The van der Waals surface area contributed by atoms with Gasteiger partial charge in [-0.05, 0) is 17.7 Å². The maximum Gasteiger partial charge on any atom is 0.221 e. The van der Waals surface area contributed by atoms with Crippen LogP contribution in [-0.2, 0) is 11.2 Å². The molecule has 118 valence electrons. The number of hydrogen-bond acceptors (Lipinski definition) is 5. The molecule has 0 aromatic heterocycles. The van der Waals surface area contributed by atoms with Crippen LogP contribution in [0.4, 0.5) is 0 Å². The van der Waals surface area contributed by atoms with Crippen LogP contribution in [0.2, 0.25) is 0 Å². The van der Waals surface area contributed by atoms with Gasteiger partial charge in [-0.15, -0.1) is 0 Å². The summed E-state index contributed by atoms with van der Waals surface area (Å²) in [6.45, 7) is 4.63. The van der Waals surface area contributed by atoms with Gasteiger partial charge >= 0.3 is 0 Å². The van der Waals surface area contributed by atoms with E-state index in [0.29, 0.717) is 24.1 Å². The molecule has 0 aliphatic rings. The molecule has 6 heteroatoms. The monoisotopic (exact) mass is 296 g/mol. The van der Waals surface area contributed by atoms with Crippen molar-refractivity contribution in [3.8, 4) is 11.5 Å². The first-order valence-corrected chi connectivity index (χ1v) is 6.91. The third-order valence-electron chi connectivity index (χ3n) is 2.80. The predicted molar refractivity (Wildman–Crippen MR) is 80.5 cm³/mol. The van der Waals surface area contributed by atoms with E-state index in [1.165, 1.54) is 7.11 Å². The summed E-state index contributed by atoms with van der Waals surface area (Å²) in [7, 11) is 1.52. The zero-order valence-electron chi connectivity index (χ0n) is 12.8. The highest BCUT2D eigenvalue weighted by Crippen LogP contribution is 2.28. The topological polar surface area (TPSA) is 93.8 Å². The smallest absolute Gasteiger partial charge is 0.221 e. The van der Waals surface area contributed by atoms with E-state index in [4.69, 9.17) is 15.2 Å². The minimum Gasteiger partial charge on any atom is -0.493 e. The largest absolute Gasteiger partial charge is 0.493 e. The maximum absolute atomic E-state index is 10.9. The number of rotatable bonds is 9. The van der Waals surface area contributed by atoms with Crippen molar-refractivity contribution < 1.29 is 19.4 Å². The molecule has 1 atom stereocenters. The number of nitrogens with two attached hydrogens (primary N) is 1. The first-order chi connectivity index (χ1) is 9.92. The van der Waals surface area contributed by atoms with Crippen molar-refractivity contribution in [2.75, 3.05) is 20.3 Å². The van der Waals surface area contributed by atoms with Crippen LogP contribution < -0.4 is 20.5 Å². The van der Waals surface area contributed by atoms with Crippen molar-refractivity contribution in [1.82, 2.24) is 5.32 Å². The average molecular weight is 296 g/mol. The number of methoxy groups -OCH3 is 1. The molecule has 1 aromatic carbocycles. The Balaban J connectivity index is 2.60. The van der Waals surface area contributed by atoms with Gasteiger partial charge in [0.15, 0.2) is 11.5 Å². The highest BCUT2D eigenvalue weighted by molar-refractivity contribution is 5.76. The van der Waals surface area contributed by atoms with Crippen LogP contribution in [0.1, 0.15) is 19.4 Å². The van der Waals surface area contributed by atoms with Gasteiger partial charge in [-0.1, -0.05) is 19.9 Å². The van der Waals surface area contributed by atoms with Crippen LogP contribution in [0, 0.1) is 0 Å². The summed E-state index contributed by atoms with van der Waals surface area (Å²) in [5, 5.41) is 12.9. The van der Waals surface area contributed by atoms with E-state index < -0.39 is 12.0 Å². The molecule has 0 spiro atoms. The van der Waals surface area contributed by atoms with Gasteiger partial charge < -0.3 is 25.6 Å². The molecule has 0 heterocycles. The van der Waals surface area contributed by atoms with Gasteiger partial charge in [0.1, 0.15) is 12.7 Å². The van der Waals surface area contributed by atoms with Crippen molar-refractivity contribution in [2.24, 2.45) is 5.73 Å². The molecule has 0 aliphatic carbocycles. The van der Waals surface area contributed by atoms with E-state index in [1.807, 2.05) is 13.8 Å². The lowest BCUT2D eigenvalue weighted by atomic mass is 10.1. The minimum atomic E-state index is -0.609. The van der Waals surface area contributed by atoms with E-state index in [9.17, 15) is 9.90 Å². The fraction of sp³-hybridized carbons (Fsp3) is 0.533. The Bertz CT molecular complexity index is 463. The normalized spacial score (nSPS) is 12.2.